The largest absolute Gasteiger partial charge is 0.440 e. The van der Waals surface area contributed by atoms with Crippen LogP contribution in [0.25, 0.3) is 11.3 Å². The van der Waals surface area contributed by atoms with Crippen LogP contribution in [0.15, 0.2) is 149 Å². The van der Waals surface area contributed by atoms with E-state index in [2.05, 4.69) is 10.4 Å². The maximum absolute atomic E-state index is 14.0. The average molecular weight is 599 g/mol. The van der Waals surface area contributed by atoms with Crippen LogP contribution in [0.4, 0.5) is 20.2 Å². The number of rotatable bonds is 7. The fourth-order valence-corrected chi connectivity index (χ4v) is 5.18. The van der Waals surface area contributed by atoms with Gasteiger partial charge >= 0.3 is 0 Å². The molecule has 1 amide bonds. The lowest BCUT2D eigenvalue weighted by Crippen LogP contribution is -2.22. The molecule has 0 saturated carbocycles. The van der Waals surface area contributed by atoms with Crippen LogP contribution in [0.5, 0.6) is 0 Å². The number of benzene rings is 4. The van der Waals surface area contributed by atoms with Crippen LogP contribution >= 0.6 is 0 Å². The standard InChI is InChI=1S/C37H28F2N4O2/c1-23(40)34-27(22-33(26-11-7-4-8-12-26)45-36(34)41-30-17-13-28(38)14-18-30)21-32(25-9-5-3-6-10-25)35-24(2)42-43(37(35)44)31-19-15-29(39)16-20-31/h3-22,40-41H,1-2H3/b27-21+,35-32+,40-23?. The monoisotopic (exact) mass is 598 g/mol. The molecule has 2 N–H and O–H groups in total. The predicted molar refractivity (Wildman–Crippen MR) is 174 cm³/mol. The van der Waals surface area contributed by atoms with Gasteiger partial charge in [-0.1, -0.05) is 60.7 Å². The molecule has 0 aromatic heterocycles. The van der Waals surface area contributed by atoms with Gasteiger partial charge in [0.25, 0.3) is 5.91 Å². The van der Waals surface area contributed by atoms with Crippen LogP contribution in [0.3, 0.4) is 0 Å². The van der Waals surface area contributed by atoms with Crippen molar-refractivity contribution in [2.24, 2.45) is 5.10 Å². The smallest absolute Gasteiger partial charge is 0.281 e. The van der Waals surface area contributed by atoms with Crippen molar-refractivity contribution < 1.29 is 18.3 Å². The van der Waals surface area contributed by atoms with Gasteiger partial charge < -0.3 is 15.5 Å². The number of nitrogens with zero attached hydrogens (tertiary/aromatic N) is 2. The molecule has 6 nitrogen and oxygen atoms in total. The molecule has 0 fully saturated rings. The van der Waals surface area contributed by atoms with Crippen LogP contribution in [-0.2, 0) is 9.53 Å². The Morgan fingerprint density at radius 2 is 1.47 bits per heavy atom. The number of ether oxygens (including phenoxy) is 1. The van der Waals surface area contributed by atoms with E-state index in [9.17, 15) is 13.6 Å². The van der Waals surface area contributed by atoms with Crippen molar-refractivity contribution in [3.8, 4) is 0 Å². The fourth-order valence-electron chi connectivity index (χ4n) is 5.18. The molecule has 2 aliphatic heterocycles. The van der Waals surface area contributed by atoms with Gasteiger partial charge in [-0.3, -0.25) is 4.79 Å². The third-order valence-electron chi connectivity index (χ3n) is 7.29. The zero-order valence-corrected chi connectivity index (χ0v) is 24.5. The van der Waals surface area contributed by atoms with Gasteiger partial charge in [0.05, 0.1) is 22.5 Å². The maximum atomic E-state index is 14.0. The first-order valence-corrected chi connectivity index (χ1v) is 14.2. The van der Waals surface area contributed by atoms with Crippen LogP contribution in [0.1, 0.15) is 25.0 Å². The summed E-state index contributed by atoms with van der Waals surface area (Å²) >= 11 is 0. The number of allylic oxidation sites excluding steroid dienone is 5. The molecule has 8 heteroatoms. The normalized spacial score (nSPS) is 16.8. The molecule has 4 aromatic carbocycles. The molecule has 4 aromatic rings. The van der Waals surface area contributed by atoms with Crippen molar-refractivity contribution in [2.75, 3.05) is 10.3 Å². The summed E-state index contributed by atoms with van der Waals surface area (Å²) in [5.74, 6) is -0.348. The van der Waals surface area contributed by atoms with Crippen molar-refractivity contribution >= 4 is 40.0 Å². The van der Waals surface area contributed by atoms with Crippen molar-refractivity contribution in [3.63, 3.8) is 0 Å². The zero-order chi connectivity index (χ0) is 31.5. The maximum Gasteiger partial charge on any atom is 0.281 e. The second-order valence-electron chi connectivity index (χ2n) is 10.5. The summed E-state index contributed by atoms with van der Waals surface area (Å²) < 4.78 is 33.7. The summed E-state index contributed by atoms with van der Waals surface area (Å²) in [4.78, 5) is 14.0. The van der Waals surface area contributed by atoms with Crippen molar-refractivity contribution in [1.29, 1.82) is 5.41 Å². The Labute approximate surface area is 259 Å². The highest BCUT2D eigenvalue weighted by Crippen LogP contribution is 2.37. The van der Waals surface area contributed by atoms with E-state index >= 15 is 0 Å². The summed E-state index contributed by atoms with van der Waals surface area (Å²) in [6, 6.07) is 30.4. The molecule has 0 saturated heterocycles. The lowest BCUT2D eigenvalue weighted by molar-refractivity contribution is -0.114. The first kappa shape index (κ1) is 29.2. The Kier molecular flexibility index (Phi) is 8.03. The Morgan fingerprint density at radius 1 is 0.867 bits per heavy atom. The van der Waals surface area contributed by atoms with Crippen LogP contribution in [0.2, 0.25) is 0 Å². The van der Waals surface area contributed by atoms with E-state index < -0.39 is 5.82 Å². The highest BCUT2D eigenvalue weighted by Gasteiger charge is 2.32. The molecule has 0 radical (unpaired) electrons. The van der Waals surface area contributed by atoms with E-state index in [1.807, 2.05) is 72.8 Å². The molecule has 0 unspecified atom stereocenters. The Hall–Kier alpha value is -5.89. The van der Waals surface area contributed by atoms with Crippen molar-refractivity contribution in [2.45, 2.75) is 13.8 Å². The Morgan fingerprint density at radius 3 is 2.09 bits per heavy atom. The molecule has 45 heavy (non-hydrogen) atoms. The zero-order valence-electron chi connectivity index (χ0n) is 24.5. The number of halogens is 2. The number of carbonyl (C=O) groups is 1. The van der Waals surface area contributed by atoms with E-state index in [1.54, 1.807) is 26.0 Å². The lowest BCUT2D eigenvalue weighted by Gasteiger charge is -2.25. The molecule has 2 aliphatic rings. The highest BCUT2D eigenvalue weighted by atomic mass is 19.1. The van der Waals surface area contributed by atoms with Crippen molar-refractivity contribution in [3.05, 3.63) is 167 Å². The molecule has 6 rings (SSSR count). The minimum absolute atomic E-state index is 0.211. The SMILES string of the molecule is CC(=N)C1=C(Nc2ccc(F)cc2)OC(c2ccccc2)=C/C1=C\C(=C1/C(=O)N(c2ccc(F)cc2)N=C1C)c1ccccc1. The summed E-state index contributed by atoms with van der Waals surface area (Å²) in [6.07, 6.45) is 3.70. The number of amides is 1. The third kappa shape index (κ3) is 6.12. The molecule has 0 bridgehead atoms. The highest BCUT2D eigenvalue weighted by molar-refractivity contribution is 6.34. The van der Waals surface area contributed by atoms with Gasteiger partial charge in [0.2, 0.25) is 5.88 Å². The number of hydrazone groups is 1. The van der Waals surface area contributed by atoms with Crippen LogP contribution < -0.4 is 10.3 Å². The first-order chi connectivity index (χ1) is 21.8. The average Bonchev–Trinajstić information content (AvgIpc) is 3.34. The van der Waals surface area contributed by atoms with Crippen molar-refractivity contribution in [1.82, 2.24) is 0 Å². The fraction of sp³-hybridized carbons (Fsp3) is 0.0541. The summed E-state index contributed by atoms with van der Waals surface area (Å²) in [7, 11) is 0. The van der Waals surface area contributed by atoms with E-state index in [0.29, 0.717) is 45.1 Å². The second kappa shape index (κ2) is 12.4. The van der Waals surface area contributed by atoms with E-state index in [-0.39, 0.29) is 23.3 Å². The molecule has 222 valence electrons. The first-order valence-electron chi connectivity index (χ1n) is 14.2. The molecule has 2 heterocycles. The Bertz CT molecular complexity index is 1940. The quantitative estimate of drug-likeness (QED) is 0.165. The van der Waals surface area contributed by atoms with Gasteiger partial charge in [-0.05, 0) is 91.2 Å². The number of hydrogen-bond acceptors (Lipinski definition) is 5. The minimum atomic E-state index is -0.413. The topological polar surface area (TPSA) is 77.8 Å². The van der Waals surface area contributed by atoms with Gasteiger partial charge in [0, 0.05) is 17.0 Å². The molecular formula is C37H28F2N4O2. The summed E-state index contributed by atoms with van der Waals surface area (Å²) in [5.41, 5.74) is 5.31. The number of hydrogen-bond donors (Lipinski definition) is 2. The third-order valence-corrected chi connectivity index (χ3v) is 7.29. The number of nitrogens with one attached hydrogen (secondary N) is 2. The van der Waals surface area contributed by atoms with Gasteiger partial charge in [-0.2, -0.15) is 10.1 Å². The molecule has 0 aliphatic carbocycles. The second-order valence-corrected chi connectivity index (χ2v) is 10.5. The minimum Gasteiger partial charge on any atom is -0.440 e. The number of carbonyl (C=O) groups excluding carboxylic acids is 1. The van der Waals surface area contributed by atoms with Crippen LogP contribution in [0, 0.1) is 17.0 Å². The molecular weight excluding hydrogens is 570 g/mol. The number of anilines is 2. The molecule has 0 spiro atoms. The lowest BCUT2D eigenvalue weighted by atomic mass is 9.90. The van der Waals surface area contributed by atoms with E-state index in [0.717, 1.165) is 11.1 Å². The van der Waals surface area contributed by atoms with E-state index in [4.69, 9.17) is 10.1 Å². The summed E-state index contributed by atoms with van der Waals surface area (Å²) in [5, 5.41) is 17.8. The van der Waals surface area contributed by atoms with Gasteiger partial charge in [-0.25, -0.2) is 8.78 Å². The van der Waals surface area contributed by atoms with Crippen LogP contribution in [-0.4, -0.2) is 17.3 Å². The van der Waals surface area contributed by atoms with Gasteiger partial charge in [-0.15, -0.1) is 0 Å². The Balaban J connectivity index is 1.56. The summed E-state index contributed by atoms with van der Waals surface area (Å²) in [6.45, 7) is 3.41. The van der Waals surface area contributed by atoms with E-state index in [1.165, 1.54) is 41.4 Å². The predicted octanol–water partition coefficient (Wildman–Crippen LogP) is 8.50. The van der Waals surface area contributed by atoms with Gasteiger partial charge in [0.1, 0.15) is 17.4 Å². The molecule has 0 atom stereocenters. The van der Waals surface area contributed by atoms with Gasteiger partial charge in [0.15, 0.2) is 0 Å².